The van der Waals surface area contributed by atoms with Crippen LogP contribution < -0.4 is 9.80 Å². The van der Waals surface area contributed by atoms with Crippen molar-refractivity contribution in [2.75, 3.05) is 35.4 Å². The molecule has 3 fully saturated rings. The van der Waals surface area contributed by atoms with Gasteiger partial charge in [0.05, 0.1) is 34.2 Å². The smallest absolute Gasteiger partial charge is 0.227 e. The van der Waals surface area contributed by atoms with Crippen LogP contribution in [0.15, 0.2) is 23.5 Å². The lowest BCUT2D eigenvalue weighted by Gasteiger charge is -2.53. The number of halogens is 1. The van der Waals surface area contributed by atoms with E-state index in [1.54, 1.807) is 18.6 Å². The number of aliphatic hydroxyl groups excluding tert-OH is 1. The van der Waals surface area contributed by atoms with Gasteiger partial charge in [0.1, 0.15) is 16.6 Å². The average molecular weight is 475 g/mol. The fourth-order valence-electron chi connectivity index (χ4n) is 5.81. The van der Waals surface area contributed by atoms with Gasteiger partial charge in [-0.15, -0.1) is 0 Å². The number of aliphatic hydroxyl groups is 1. The third kappa shape index (κ3) is 3.23. The number of hydrogen-bond acceptors (Lipinski definition) is 8. The first-order valence-electron chi connectivity index (χ1n) is 11.4. The average Bonchev–Trinajstić information content (AvgIpc) is 3.09. The summed E-state index contributed by atoms with van der Waals surface area (Å²) in [5.41, 5.74) is 0.0128. The van der Waals surface area contributed by atoms with Crippen LogP contribution in [0.2, 0.25) is 5.02 Å². The van der Waals surface area contributed by atoms with Crippen LogP contribution in [0.4, 0.5) is 11.8 Å². The minimum atomic E-state index is -1.13. The molecule has 4 heterocycles. The summed E-state index contributed by atoms with van der Waals surface area (Å²) in [4.78, 5) is 23.3. The molecule has 170 valence electrons. The Morgan fingerprint density at radius 3 is 2.44 bits per heavy atom. The number of anilines is 2. The van der Waals surface area contributed by atoms with Crippen LogP contribution in [-0.4, -0.2) is 60.4 Å². The minimum Gasteiger partial charge on any atom is -0.394 e. The summed E-state index contributed by atoms with van der Waals surface area (Å²) in [7, 11) is -1.13. The molecule has 2 aromatic rings. The molecule has 2 aliphatic heterocycles. The lowest BCUT2D eigenvalue weighted by molar-refractivity contribution is 0.118. The summed E-state index contributed by atoms with van der Waals surface area (Å²) in [6.07, 6.45) is 12.5. The molecule has 8 nitrogen and oxygen atoms in total. The van der Waals surface area contributed by atoms with E-state index in [2.05, 4.69) is 24.8 Å². The highest BCUT2D eigenvalue weighted by Gasteiger charge is 2.49. The van der Waals surface area contributed by atoms with Crippen molar-refractivity contribution in [2.45, 2.75) is 61.3 Å². The summed E-state index contributed by atoms with van der Waals surface area (Å²) < 4.78 is 12.6. The third-order valence-corrected chi connectivity index (χ3v) is 9.48. The molecule has 1 atom stereocenters. The van der Waals surface area contributed by atoms with Gasteiger partial charge in [-0.05, 0) is 44.9 Å². The first-order valence-corrected chi connectivity index (χ1v) is 13.1. The van der Waals surface area contributed by atoms with E-state index in [0.29, 0.717) is 33.1 Å². The first-order chi connectivity index (χ1) is 15.5. The molecule has 4 aliphatic rings. The normalized spacial score (nSPS) is 26.0. The van der Waals surface area contributed by atoms with Crippen LogP contribution in [0.5, 0.6) is 0 Å². The van der Waals surface area contributed by atoms with Gasteiger partial charge in [-0.3, -0.25) is 4.21 Å². The minimum absolute atomic E-state index is 0.0777. The zero-order valence-electron chi connectivity index (χ0n) is 17.9. The number of hydrogen-bond donors (Lipinski definition) is 1. The highest BCUT2D eigenvalue weighted by atomic mass is 35.5. The number of fused-ring (bicyclic) bond motifs is 1. The van der Waals surface area contributed by atoms with Crippen LogP contribution in [-0.2, 0) is 10.8 Å². The van der Waals surface area contributed by atoms with E-state index in [0.717, 1.165) is 69.7 Å². The topological polar surface area (TPSA) is 95.3 Å². The van der Waals surface area contributed by atoms with E-state index in [9.17, 15) is 9.32 Å². The van der Waals surface area contributed by atoms with Gasteiger partial charge in [0, 0.05) is 36.8 Å². The Kier molecular flexibility index (Phi) is 4.93. The highest BCUT2D eigenvalue weighted by molar-refractivity contribution is 7.85. The molecular formula is C22H27ClN6O2S. The van der Waals surface area contributed by atoms with Crippen molar-refractivity contribution in [3.05, 3.63) is 29.4 Å². The maximum Gasteiger partial charge on any atom is 0.227 e. The second kappa shape index (κ2) is 7.60. The molecule has 0 radical (unpaired) electrons. The molecule has 1 saturated heterocycles. The van der Waals surface area contributed by atoms with Crippen molar-refractivity contribution in [2.24, 2.45) is 5.41 Å². The van der Waals surface area contributed by atoms with Gasteiger partial charge in [0.2, 0.25) is 5.95 Å². The maximum atomic E-state index is 12.6. The van der Waals surface area contributed by atoms with Crippen LogP contribution >= 0.6 is 11.6 Å². The first kappa shape index (κ1) is 20.7. The maximum absolute atomic E-state index is 12.6. The fourth-order valence-corrected chi connectivity index (χ4v) is 7.21. The van der Waals surface area contributed by atoms with E-state index in [4.69, 9.17) is 16.6 Å². The van der Waals surface area contributed by atoms with Crippen LogP contribution in [0.3, 0.4) is 0 Å². The van der Waals surface area contributed by atoms with Crippen LogP contribution in [0.1, 0.15) is 56.7 Å². The summed E-state index contributed by atoms with van der Waals surface area (Å²) >= 11 is 5.92. The van der Waals surface area contributed by atoms with Crippen molar-refractivity contribution in [1.29, 1.82) is 0 Å². The molecule has 10 heteroatoms. The van der Waals surface area contributed by atoms with E-state index in [1.165, 1.54) is 0 Å². The predicted octanol–water partition coefficient (Wildman–Crippen LogP) is 2.88. The number of aromatic nitrogens is 4. The molecule has 0 aromatic carbocycles. The van der Waals surface area contributed by atoms with Crippen LogP contribution in [0.25, 0.3) is 0 Å². The van der Waals surface area contributed by atoms with Crippen molar-refractivity contribution in [1.82, 2.24) is 19.9 Å². The Hall–Kier alpha value is -1.84. The van der Waals surface area contributed by atoms with Crippen LogP contribution in [0, 0.1) is 5.41 Å². The Morgan fingerprint density at radius 1 is 1.09 bits per heavy atom. The van der Waals surface area contributed by atoms with Gasteiger partial charge >= 0.3 is 0 Å². The Balaban J connectivity index is 1.14. The summed E-state index contributed by atoms with van der Waals surface area (Å²) in [5.74, 6) is 3.19. The van der Waals surface area contributed by atoms with Gasteiger partial charge in [-0.2, -0.15) is 4.98 Å². The van der Waals surface area contributed by atoms with Gasteiger partial charge in [0.15, 0.2) is 5.82 Å². The quantitative estimate of drug-likeness (QED) is 0.722. The zero-order chi connectivity index (χ0) is 21.9. The van der Waals surface area contributed by atoms with E-state index in [1.807, 2.05) is 0 Å². The van der Waals surface area contributed by atoms with Crippen molar-refractivity contribution >= 4 is 34.2 Å². The molecule has 0 bridgehead atoms. The fraction of sp³-hybridized carbons (Fsp3) is 0.636. The largest absolute Gasteiger partial charge is 0.394 e. The Bertz CT molecular complexity index is 1040. The zero-order valence-corrected chi connectivity index (χ0v) is 19.5. The molecular weight excluding hydrogens is 448 g/mol. The molecule has 32 heavy (non-hydrogen) atoms. The Morgan fingerprint density at radius 2 is 1.81 bits per heavy atom. The molecule has 2 saturated carbocycles. The predicted molar refractivity (Wildman–Crippen MR) is 122 cm³/mol. The summed E-state index contributed by atoms with van der Waals surface area (Å²) in [6, 6.07) is 0. The van der Waals surface area contributed by atoms with Crippen molar-refractivity contribution < 1.29 is 9.32 Å². The second-order valence-electron chi connectivity index (χ2n) is 9.89. The molecule has 0 amide bonds. The van der Waals surface area contributed by atoms with E-state index >= 15 is 0 Å². The molecule has 2 aromatic heterocycles. The van der Waals surface area contributed by atoms with Gasteiger partial charge in [-0.1, -0.05) is 11.6 Å². The van der Waals surface area contributed by atoms with Crippen molar-refractivity contribution in [3.63, 3.8) is 0 Å². The SMILES string of the molecule is O=[S@@]1CN(C2(CO)CCC2)c2nc(N3CC4(CCC(c5ncc(Cl)cn5)CC4)C3)ncc21. The van der Waals surface area contributed by atoms with Gasteiger partial charge < -0.3 is 14.9 Å². The molecule has 2 aliphatic carbocycles. The Labute approximate surface area is 194 Å². The second-order valence-corrected chi connectivity index (χ2v) is 11.7. The third-order valence-electron chi connectivity index (χ3n) is 8.01. The van der Waals surface area contributed by atoms with Crippen molar-refractivity contribution in [3.8, 4) is 0 Å². The summed E-state index contributed by atoms with van der Waals surface area (Å²) in [5, 5.41) is 10.6. The number of nitrogens with zero attached hydrogens (tertiary/aromatic N) is 6. The molecule has 6 rings (SSSR count). The monoisotopic (exact) mass is 474 g/mol. The standard InChI is InChI=1S/C22H27ClN6O2S/c23-16-8-24-18(25-9-16)15-2-6-21(7-3-15)11-28(12-21)20-26-10-17-19(27-20)29(14-32(17)31)22(13-30)4-1-5-22/h8-10,15,30H,1-7,11-14H2/t32-/m1/s1. The molecule has 0 unspecified atom stereocenters. The van der Waals surface area contributed by atoms with Gasteiger partial charge in [-0.25, -0.2) is 15.0 Å². The molecule has 1 spiro atoms. The van der Waals surface area contributed by atoms with E-state index in [-0.39, 0.29) is 12.1 Å². The lowest BCUT2D eigenvalue weighted by atomic mass is 9.66. The van der Waals surface area contributed by atoms with E-state index < -0.39 is 10.8 Å². The lowest BCUT2D eigenvalue weighted by Crippen LogP contribution is -2.58. The summed E-state index contributed by atoms with van der Waals surface area (Å²) in [6.45, 7) is 1.98. The highest BCUT2D eigenvalue weighted by Crippen LogP contribution is 2.49. The molecule has 1 N–H and O–H groups in total. The number of rotatable bonds is 4. The van der Waals surface area contributed by atoms with Gasteiger partial charge in [0.25, 0.3) is 0 Å².